The molecule has 0 unspecified atom stereocenters. The van der Waals surface area contributed by atoms with Crippen LogP contribution in [0.2, 0.25) is 5.02 Å². The Kier molecular flexibility index (Phi) is 5.70. The Bertz CT molecular complexity index is 700. The van der Waals surface area contributed by atoms with Crippen molar-refractivity contribution in [2.75, 3.05) is 6.26 Å². The van der Waals surface area contributed by atoms with Gasteiger partial charge in [0.15, 0.2) is 0 Å². The van der Waals surface area contributed by atoms with Crippen LogP contribution in [0.4, 0.5) is 0 Å². The second kappa shape index (κ2) is 7.31. The summed E-state index contributed by atoms with van der Waals surface area (Å²) < 4.78 is 26.7. The fourth-order valence-corrected chi connectivity index (χ4v) is 3.18. The van der Waals surface area contributed by atoms with Crippen LogP contribution in [0.5, 0.6) is 0 Å². The first kappa shape index (κ1) is 16.4. The zero-order valence-electron chi connectivity index (χ0n) is 11.5. The minimum atomic E-state index is -3.46. The lowest BCUT2D eigenvalue weighted by Crippen LogP contribution is -2.03. The molecule has 0 saturated carbocycles. The van der Waals surface area contributed by atoms with Crippen molar-refractivity contribution in [3.63, 3.8) is 0 Å². The second-order valence-corrected chi connectivity index (χ2v) is 7.59. The van der Waals surface area contributed by atoms with Crippen molar-refractivity contribution in [2.24, 2.45) is 0 Å². The summed E-state index contributed by atoms with van der Waals surface area (Å²) in [6.07, 6.45) is 1.02. The van der Waals surface area contributed by atoms with Gasteiger partial charge < -0.3 is 0 Å². The van der Waals surface area contributed by atoms with E-state index < -0.39 is 10.1 Å². The molecule has 0 bridgehead atoms. The molecule has 0 N–H and O–H groups in total. The highest BCUT2D eigenvalue weighted by atomic mass is 35.5. The van der Waals surface area contributed by atoms with Gasteiger partial charge in [0.25, 0.3) is 10.1 Å². The van der Waals surface area contributed by atoms with Crippen LogP contribution < -0.4 is 0 Å². The first-order valence-corrected chi connectivity index (χ1v) is 9.41. The van der Waals surface area contributed by atoms with Crippen molar-refractivity contribution in [1.82, 2.24) is 0 Å². The summed E-state index contributed by atoms with van der Waals surface area (Å²) in [6, 6.07) is 15.7. The molecule has 6 heteroatoms. The average molecular weight is 343 g/mol. The van der Waals surface area contributed by atoms with Crippen LogP contribution in [0, 0.1) is 0 Å². The Morgan fingerprint density at radius 2 is 1.86 bits per heavy atom. The van der Waals surface area contributed by atoms with Gasteiger partial charge in [0.05, 0.1) is 12.9 Å². The maximum absolute atomic E-state index is 11.0. The number of hydrogen-bond acceptors (Lipinski definition) is 4. The number of hydrogen-bond donors (Lipinski definition) is 0. The van der Waals surface area contributed by atoms with Crippen LogP contribution in [0.15, 0.2) is 53.4 Å². The second-order valence-electron chi connectivity index (χ2n) is 4.49. The highest BCUT2D eigenvalue weighted by Crippen LogP contribution is 2.28. The predicted octanol–water partition coefficient (Wildman–Crippen LogP) is 4.11. The fraction of sp³-hybridized carbons (Fsp3) is 0.200. The topological polar surface area (TPSA) is 43.4 Å². The van der Waals surface area contributed by atoms with Crippen molar-refractivity contribution in [2.45, 2.75) is 17.3 Å². The minimum absolute atomic E-state index is 0.0404. The summed E-state index contributed by atoms with van der Waals surface area (Å²) in [6.45, 7) is -0.0404. The molecule has 0 heterocycles. The molecule has 0 aliphatic heterocycles. The molecule has 21 heavy (non-hydrogen) atoms. The van der Waals surface area contributed by atoms with E-state index >= 15 is 0 Å². The molecular formula is C15H15ClO3S2. The largest absolute Gasteiger partial charge is 0.265 e. The zero-order valence-corrected chi connectivity index (χ0v) is 13.8. The van der Waals surface area contributed by atoms with Crippen molar-refractivity contribution in [1.29, 1.82) is 0 Å². The maximum Gasteiger partial charge on any atom is 0.264 e. The predicted molar refractivity (Wildman–Crippen MR) is 87.1 cm³/mol. The van der Waals surface area contributed by atoms with E-state index in [-0.39, 0.29) is 6.61 Å². The molecule has 0 spiro atoms. The van der Waals surface area contributed by atoms with Gasteiger partial charge in [-0.3, -0.25) is 4.18 Å². The van der Waals surface area contributed by atoms with Crippen LogP contribution in [0.25, 0.3) is 0 Å². The molecule has 0 saturated heterocycles. The van der Waals surface area contributed by atoms with Crippen molar-refractivity contribution in [3.8, 4) is 0 Å². The summed E-state index contributed by atoms with van der Waals surface area (Å²) in [5.74, 6) is 0.857. The van der Waals surface area contributed by atoms with Crippen LogP contribution in [0.1, 0.15) is 11.1 Å². The molecule has 0 aromatic heterocycles. The zero-order chi connectivity index (χ0) is 15.3. The lowest BCUT2D eigenvalue weighted by molar-refractivity contribution is 0.311. The number of benzene rings is 2. The van der Waals surface area contributed by atoms with Crippen LogP contribution in [-0.4, -0.2) is 14.7 Å². The van der Waals surface area contributed by atoms with Gasteiger partial charge in [-0.05, 0) is 23.3 Å². The summed E-state index contributed by atoms with van der Waals surface area (Å²) in [4.78, 5) is 1.03. The fourth-order valence-electron chi connectivity index (χ4n) is 1.65. The van der Waals surface area contributed by atoms with Gasteiger partial charge in [0.2, 0.25) is 0 Å². The van der Waals surface area contributed by atoms with E-state index in [2.05, 4.69) is 12.1 Å². The van der Waals surface area contributed by atoms with E-state index in [1.54, 1.807) is 17.8 Å². The van der Waals surface area contributed by atoms with E-state index in [4.69, 9.17) is 15.8 Å². The molecular weight excluding hydrogens is 328 g/mol. The third-order valence-electron chi connectivity index (χ3n) is 2.70. The molecule has 112 valence electrons. The molecule has 2 aromatic rings. The summed E-state index contributed by atoms with van der Waals surface area (Å²) >= 11 is 7.83. The normalized spacial score (nSPS) is 11.5. The maximum atomic E-state index is 11.0. The van der Waals surface area contributed by atoms with Gasteiger partial charge in [-0.25, -0.2) is 0 Å². The van der Waals surface area contributed by atoms with Gasteiger partial charge in [-0.15, -0.1) is 11.8 Å². The molecule has 2 aromatic carbocycles. The molecule has 2 rings (SSSR count). The molecule has 0 aliphatic rings. The van der Waals surface area contributed by atoms with E-state index in [0.29, 0.717) is 10.6 Å². The Labute approximate surface area is 134 Å². The van der Waals surface area contributed by atoms with E-state index in [9.17, 15) is 8.42 Å². The Balaban J connectivity index is 1.98. The molecule has 0 radical (unpaired) electrons. The minimum Gasteiger partial charge on any atom is -0.265 e. The van der Waals surface area contributed by atoms with E-state index in [1.807, 2.05) is 30.3 Å². The van der Waals surface area contributed by atoms with Crippen LogP contribution in [0.3, 0.4) is 0 Å². The number of thioether (sulfide) groups is 1. The summed E-state index contributed by atoms with van der Waals surface area (Å²) in [5, 5.41) is 0.511. The number of halogens is 1. The summed E-state index contributed by atoms with van der Waals surface area (Å²) in [5.41, 5.74) is 1.90. The summed E-state index contributed by atoms with van der Waals surface area (Å²) in [7, 11) is -3.46. The third-order valence-corrected chi connectivity index (χ3v) is 4.66. The van der Waals surface area contributed by atoms with Gasteiger partial charge in [0.1, 0.15) is 0 Å². The standard InChI is InChI=1S/C15H15ClO3S2/c1-21(17,18)19-10-13-7-8-14(9-15(13)16)20-11-12-5-3-2-4-6-12/h2-9H,10-11H2,1H3. The first-order chi connectivity index (χ1) is 9.94. The molecule has 3 nitrogen and oxygen atoms in total. The lowest BCUT2D eigenvalue weighted by Gasteiger charge is -2.07. The average Bonchev–Trinajstić information content (AvgIpc) is 2.44. The molecule has 0 atom stereocenters. The molecule has 0 amide bonds. The number of rotatable bonds is 6. The van der Waals surface area contributed by atoms with Gasteiger partial charge in [0, 0.05) is 15.7 Å². The van der Waals surface area contributed by atoms with E-state index in [1.165, 1.54) is 5.56 Å². The van der Waals surface area contributed by atoms with Crippen molar-refractivity contribution >= 4 is 33.5 Å². The smallest absolute Gasteiger partial charge is 0.264 e. The van der Waals surface area contributed by atoms with Crippen LogP contribution in [-0.2, 0) is 26.7 Å². The Hall–Kier alpha value is -1.01. The molecule has 0 fully saturated rings. The van der Waals surface area contributed by atoms with Gasteiger partial charge in [-0.2, -0.15) is 8.42 Å². The van der Waals surface area contributed by atoms with Gasteiger partial charge in [-0.1, -0.05) is 48.0 Å². The van der Waals surface area contributed by atoms with Crippen molar-refractivity contribution < 1.29 is 12.6 Å². The highest BCUT2D eigenvalue weighted by molar-refractivity contribution is 7.98. The SMILES string of the molecule is CS(=O)(=O)OCc1ccc(SCc2ccccc2)cc1Cl. The van der Waals surface area contributed by atoms with Crippen molar-refractivity contribution in [3.05, 3.63) is 64.7 Å². The first-order valence-electron chi connectivity index (χ1n) is 6.23. The van der Waals surface area contributed by atoms with Crippen LogP contribution >= 0.6 is 23.4 Å². The third kappa shape index (κ3) is 5.71. The highest BCUT2D eigenvalue weighted by Gasteiger charge is 2.07. The monoisotopic (exact) mass is 342 g/mol. The lowest BCUT2D eigenvalue weighted by atomic mass is 10.2. The Morgan fingerprint density at radius 1 is 1.14 bits per heavy atom. The molecule has 0 aliphatic carbocycles. The van der Waals surface area contributed by atoms with E-state index in [0.717, 1.165) is 16.9 Å². The quantitative estimate of drug-likeness (QED) is 0.585. The Morgan fingerprint density at radius 3 is 2.48 bits per heavy atom. The van der Waals surface area contributed by atoms with Gasteiger partial charge >= 0.3 is 0 Å².